The number of nitrogen functional groups attached to an aromatic ring is 1. The third kappa shape index (κ3) is 1.70. The first-order chi connectivity index (χ1) is 6.68. The molecule has 0 saturated carbocycles. The molecule has 0 bridgehead atoms. The van der Waals surface area contributed by atoms with Crippen LogP contribution in [-0.4, -0.2) is 6.54 Å². The predicted octanol–water partition coefficient (Wildman–Crippen LogP) is 2.49. The van der Waals surface area contributed by atoms with Gasteiger partial charge in [-0.2, -0.15) is 0 Å². The van der Waals surface area contributed by atoms with Gasteiger partial charge in [0.2, 0.25) is 0 Å². The second-order valence-electron chi connectivity index (χ2n) is 3.55. The maximum atomic E-state index is 13.3. The average molecular weight is 215 g/mol. The first-order valence-corrected chi connectivity index (χ1v) is 5.04. The molecule has 2 rings (SSSR count). The van der Waals surface area contributed by atoms with E-state index in [0.717, 1.165) is 24.9 Å². The Hall–Kier alpha value is -0.800. The predicted molar refractivity (Wildman–Crippen MR) is 55.8 cm³/mol. The van der Waals surface area contributed by atoms with Crippen LogP contribution in [0.4, 0.5) is 10.1 Å². The molecule has 0 aromatic heterocycles. The maximum Gasteiger partial charge on any atom is 0.147 e. The molecule has 14 heavy (non-hydrogen) atoms. The van der Waals surface area contributed by atoms with Crippen molar-refractivity contribution in [3.63, 3.8) is 0 Å². The quantitative estimate of drug-likeness (QED) is 0.705. The van der Waals surface area contributed by atoms with Gasteiger partial charge in [0.05, 0.1) is 10.7 Å². The molecule has 0 aliphatic carbocycles. The Labute approximate surface area is 87.2 Å². The van der Waals surface area contributed by atoms with Crippen molar-refractivity contribution in [2.45, 2.75) is 18.9 Å². The molecule has 0 radical (unpaired) electrons. The lowest BCUT2D eigenvalue weighted by molar-refractivity contribution is 0.610. The number of nitrogens with one attached hydrogen (secondary N) is 1. The number of hydrogen-bond donors (Lipinski definition) is 2. The zero-order valence-corrected chi connectivity index (χ0v) is 8.44. The first kappa shape index (κ1) is 9.74. The minimum atomic E-state index is -0.429. The number of halogens is 2. The average Bonchev–Trinajstić information content (AvgIpc) is 2.66. The van der Waals surface area contributed by atoms with Crippen LogP contribution in [0.5, 0.6) is 0 Å². The summed E-state index contributed by atoms with van der Waals surface area (Å²) in [5.74, 6) is -0.429. The fourth-order valence-electron chi connectivity index (χ4n) is 1.77. The molecular weight excluding hydrogens is 203 g/mol. The number of nitrogens with two attached hydrogens (primary N) is 1. The zero-order chi connectivity index (χ0) is 10.1. The van der Waals surface area contributed by atoms with Crippen LogP contribution in [0.3, 0.4) is 0 Å². The lowest BCUT2D eigenvalue weighted by Crippen LogP contribution is -2.13. The largest absolute Gasteiger partial charge is 0.395 e. The van der Waals surface area contributed by atoms with Gasteiger partial charge in [-0.15, -0.1) is 0 Å². The summed E-state index contributed by atoms with van der Waals surface area (Å²) < 4.78 is 13.3. The highest BCUT2D eigenvalue weighted by molar-refractivity contribution is 6.33. The van der Waals surface area contributed by atoms with Crippen molar-refractivity contribution < 1.29 is 4.39 Å². The van der Waals surface area contributed by atoms with Crippen LogP contribution in [-0.2, 0) is 0 Å². The molecule has 76 valence electrons. The van der Waals surface area contributed by atoms with Gasteiger partial charge < -0.3 is 11.1 Å². The lowest BCUT2D eigenvalue weighted by Gasteiger charge is -2.12. The van der Waals surface area contributed by atoms with E-state index in [1.54, 1.807) is 6.07 Å². The van der Waals surface area contributed by atoms with Gasteiger partial charge in [-0.05, 0) is 37.1 Å². The van der Waals surface area contributed by atoms with Crippen molar-refractivity contribution in [3.8, 4) is 0 Å². The Kier molecular flexibility index (Phi) is 2.61. The molecule has 1 aromatic rings. The van der Waals surface area contributed by atoms with Crippen molar-refractivity contribution in [2.24, 2.45) is 0 Å². The van der Waals surface area contributed by atoms with E-state index in [0.29, 0.717) is 5.02 Å². The van der Waals surface area contributed by atoms with E-state index >= 15 is 0 Å². The van der Waals surface area contributed by atoms with Gasteiger partial charge in [-0.1, -0.05) is 11.6 Å². The van der Waals surface area contributed by atoms with Crippen LogP contribution >= 0.6 is 11.6 Å². The molecule has 0 spiro atoms. The van der Waals surface area contributed by atoms with Crippen molar-refractivity contribution in [1.82, 2.24) is 5.32 Å². The van der Waals surface area contributed by atoms with E-state index in [1.807, 2.05) is 0 Å². The van der Waals surface area contributed by atoms with Crippen LogP contribution in [0.25, 0.3) is 0 Å². The summed E-state index contributed by atoms with van der Waals surface area (Å²) in [6.45, 7) is 0.980. The van der Waals surface area contributed by atoms with Gasteiger partial charge in [0.25, 0.3) is 0 Å². The molecule has 1 heterocycles. The molecular formula is C10H12ClFN2. The molecule has 4 heteroatoms. The highest BCUT2D eigenvalue weighted by Gasteiger charge is 2.18. The van der Waals surface area contributed by atoms with Crippen LogP contribution in [0.2, 0.25) is 5.02 Å². The normalized spacial score (nSPS) is 21.4. The smallest absolute Gasteiger partial charge is 0.147 e. The van der Waals surface area contributed by atoms with E-state index in [4.69, 9.17) is 17.3 Å². The maximum absolute atomic E-state index is 13.3. The molecule has 1 saturated heterocycles. The van der Waals surface area contributed by atoms with E-state index in [9.17, 15) is 4.39 Å². The number of benzene rings is 1. The van der Waals surface area contributed by atoms with Crippen LogP contribution < -0.4 is 11.1 Å². The van der Waals surface area contributed by atoms with E-state index in [-0.39, 0.29) is 11.7 Å². The van der Waals surface area contributed by atoms with Gasteiger partial charge in [-0.25, -0.2) is 4.39 Å². The number of rotatable bonds is 1. The minimum absolute atomic E-state index is 0.0356. The van der Waals surface area contributed by atoms with Crippen molar-refractivity contribution in [2.75, 3.05) is 12.3 Å². The molecule has 1 atom stereocenters. The van der Waals surface area contributed by atoms with E-state index < -0.39 is 5.82 Å². The Morgan fingerprint density at radius 1 is 1.50 bits per heavy atom. The van der Waals surface area contributed by atoms with Gasteiger partial charge in [0.15, 0.2) is 0 Å². The molecule has 0 amide bonds. The minimum Gasteiger partial charge on any atom is -0.395 e. The summed E-state index contributed by atoms with van der Waals surface area (Å²) in [4.78, 5) is 0. The van der Waals surface area contributed by atoms with Gasteiger partial charge in [-0.3, -0.25) is 0 Å². The molecule has 1 aliphatic heterocycles. The fourth-order valence-corrected chi connectivity index (χ4v) is 1.99. The van der Waals surface area contributed by atoms with E-state index in [1.165, 1.54) is 6.07 Å². The number of anilines is 1. The summed E-state index contributed by atoms with van der Waals surface area (Å²) in [6, 6.07) is 3.43. The molecule has 1 aliphatic rings. The highest BCUT2D eigenvalue weighted by atomic mass is 35.5. The molecule has 1 fully saturated rings. The van der Waals surface area contributed by atoms with Crippen molar-refractivity contribution in [3.05, 3.63) is 28.5 Å². The molecule has 2 nitrogen and oxygen atoms in total. The van der Waals surface area contributed by atoms with Crippen LogP contribution in [0.15, 0.2) is 12.1 Å². The standard InChI is InChI=1S/C10H12ClFN2/c11-7-4-6(5-8(12)10(7)13)9-2-1-3-14-9/h4-5,9,14H,1-3,13H2/t9-/m1/s1. The van der Waals surface area contributed by atoms with Crippen molar-refractivity contribution in [1.29, 1.82) is 0 Å². The third-order valence-electron chi connectivity index (χ3n) is 2.56. The molecule has 1 aromatic carbocycles. The van der Waals surface area contributed by atoms with Crippen molar-refractivity contribution >= 4 is 17.3 Å². The lowest BCUT2D eigenvalue weighted by atomic mass is 10.0. The Morgan fingerprint density at radius 3 is 2.86 bits per heavy atom. The second kappa shape index (κ2) is 3.75. The summed E-state index contributed by atoms with van der Waals surface area (Å²) in [5.41, 5.74) is 6.35. The Bertz CT molecular complexity index is 325. The summed E-state index contributed by atoms with van der Waals surface area (Å²) in [6.07, 6.45) is 2.15. The van der Waals surface area contributed by atoms with Crippen LogP contribution in [0, 0.1) is 5.82 Å². The Balaban J connectivity index is 2.34. The van der Waals surface area contributed by atoms with Gasteiger partial charge >= 0.3 is 0 Å². The topological polar surface area (TPSA) is 38.0 Å². The first-order valence-electron chi connectivity index (χ1n) is 4.66. The number of hydrogen-bond acceptors (Lipinski definition) is 2. The third-order valence-corrected chi connectivity index (χ3v) is 2.88. The van der Waals surface area contributed by atoms with Gasteiger partial charge in [0, 0.05) is 6.04 Å². The molecule has 0 unspecified atom stereocenters. The SMILES string of the molecule is Nc1c(F)cc([C@H]2CCCN2)cc1Cl. The highest BCUT2D eigenvalue weighted by Crippen LogP contribution is 2.30. The summed E-state index contributed by atoms with van der Waals surface area (Å²) >= 11 is 5.80. The summed E-state index contributed by atoms with van der Waals surface area (Å²) in [7, 11) is 0. The second-order valence-corrected chi connectivity index (χ2v) is 3.95. The van der Waals surface area contributed by atoms with Crippen LogP contribution in [0.1, 0.15) is 24.4 Å². The Morgan fingerprint density at radius 2 is 2.29 bits per heavy atom. The fraction of sp³-hybridized carbons (Fsp3) is 0.400. The monoisotopic (exact) mass is 214 g/mol. The molecule has 3 N–H and O–H groups in total. The summed E-state index contributed by atoms with van der Waals surface area (Å²) in [5, 5.41) is 3.58. The van der Waals surface area contributed by atoms with Gasteiger partial charge in [0.1, 0.15) is 5.82 Å². The zero-order valence-electron chi connectivity index (χ0n) is 7.69. The van der Waals surface area contributed by atoms with E-state index in [2.05, 4.69) is 5.32 Å².